The second-order valence-electron chi connectivity index (χ2n) is 5.10. The Labute approximate surface area is 146 Å². The number of methoxy groups -OCH3 is 1. The van der Waals surface area contributed by atoms with Crippen molar-refractivity contribution in [2.75, 3.05) is 7.11 Å². The summed E-state index contributed by atoms with van der Waals surface area (Å²) < 4.78 is 8.43. The van der Waals surface area contributed by atoms with Gasteiger partial charge in [0, 0.05) is 22.9 Å². The summed E-state index contributed by atoms with van der Waals surface area (Å²) in [5.41, 5.74) is 0.645. The molecule has 0 atom stereocenters. The highest BCUT2D eigenvalue weighted by atomic mass is 79.9. The van der Waals surface area contributed by atoms with E-state index in [9.17, 15) is 9.59 Å². The molecule has 1 aromatic carbocycles. The maximum atomic E-state index is 12.7. The van der Waals surface area contributed by atoms with E-state index in [-0.39, 0.29) is 12.1 Å². The van der Waals surface area contributed by atoms with Gasteiger partial charge in [0.25, 0.3) is 5.56 Å². The van der Waals surface area contributed by atoms with E-state index in [1.165, 1.54) is 21.4 Å². The zero-order valence-corrected chi connectivity index (χ0v) is 14.4. The Morgan fingerprint density at radius 2 is 1.88 bits per heavy atom. The number of aromatic nitrogens is 3. The van der Waals surface area contributed by atoms with Gasteiger partial charge in [-0.1, -0.05) is 12.1 Å². The van der Waals surface area contributed by atoms with Crippen LogP contribution in [0, 0.1) is 0 Å². The summed E-state index contributed by atoms with van der Waals surface area (Å²) in [5, 5.41) is 0. The second kappa shape index (κ2) is 6.84. The molecule has 0 fully saturated rings. The quantitative estimate of drug-likeness (QED) is 0.688. The molecule has 2 heterocycles. The number of halogens is 1. The Morgan fingerprint density at radius 3 is 2.54 bits per heavy atom. The van der Waals surface area contributed by atoms with Gasteiger partial charge in [0.05, 0.1) is 25.5 Å². The molecule has 24 heavy (non-hydrogen) atoms. The number of hydrogen-bond donors (Lipinski definition) is 0. The van der Waals surface area contributed by atoms with E-state index in [1.54, 1.807) is 37.7 Å². The molecule has 0 saturated carbocycles. The highest BCUT2D eigenvalue weighted by Crippen LogP contribution is 2.13. The zero-order chi connectivity index (χ0) is 17.1. The summed E-state index contributed by atoms with van der Waals surface area (Å²) >= 11 is 3.33. The third-order valence-corrected chi connectivity index (χ3v) is 3.97. The predicted molar refractivity (Wildman–Crippen MR) is 93.9 cm³/mol. The lowest BCUT2D eigenvalue weighted by Gasteiger charge is -2.10. The molecule has 0 bridgehead atoms. The van der Waals surface area contributed by atoms with Crippen LogP contribution in [0.2, 0.25) is 0 Å². The summed E-state index contributed by atoms with van der Waals surface area (Å²) in [5.74, 6) is 0.719. The maximum absolute atomic E-state index is 12.7. The van der Waals surface area contributed by atoms with Gasteiger partial charge in [-0.15, -0.1) is 0 Å². The number of rotatable bonds is 4. The molecule has 0 saturated heterocycles. The number of nitrogens with zero attached hydrogens (tertiary/aromatic N) is 3. The van der Waals surface area contributed by atoms with E-state index in [1.807, 2.05) is 12.1 Å². The fourth-order valence-electron chi connectivity index (χ4n) is 2.30. The molecule has 0 N–H and O–H groups in total. The summed E-state index contributed by atoms with van der Waals surface area (Å²) in [6.07, 6.45) is 4.65. The van der Waals surface area contributed by atoms with Crippen LogP contribution in [0.15, 0.2) is 69.1 Å². The van der Waals surface area contributed by atoms with Crippen molar-refractivity contribution in [3.8, 4) is 11.4 Å². The SMILES string of the molecule is COc1ccc(Cn2c(=O)ccn(-c3cncc(Br)c3)c2=O)cc1. The van der Waals surface area contributed by atoms with Crippen molar-refractivity contribution in [3.63, 3.8) is 0 Å². The summed E-state index contributed by atoms with van der Waals surface area (Å²) in [7, 11) is 1.58. The average Bonchev–Trinajstić information content (AvgIpc) is 2.59. The zero-order valence-electron chi connectivity index (χ0n) is 12.8. The molecule has 0 aliphatic rings. The molecule has 0 aliphatic heterocycles. The third kappa shape index (κ3) is 3.30. The van der Waals surface area contributed by atoms with Crippen molar-refractivity contribution in [1.29, 1.82) is 0 Å². The largest absolute Gasteiger partial charge is 0.497 e. The van der Waals surface area contributed by atoms with Gasteiger partial charge in [-0.05, 0) is 39.7 Å². The first-order chi connectivity index (χ1) is 11.6. The fraction of sp³-hybridized carbons (Fsp3) is 0.118. The number of hydrogen-bond acceptors (Lipinski definition) is 4. The van der Waals surface area contributed by atoms with Crippen LogP contribution in [0.3, 0.4) is 0 Å². The van der Waals surface area contributed by atoms with E-state index in [0.717, 1.165) is 15.8 Å². The summed E-state index contributed by atoms with van der Waals surface area (Å²) in [6, 6.07) is 10.4. The Balaban J connectivity index is 2.03. The van der Waals surface area contributed by atoms with Crippen LogP contribution in [-0.4, -0.2) is 21.2 Å². The van der Waals surface area contributed by atoms with E-state index in [4.69, 9.17) is 4.74 Å². The molecule has 0 spiro atoms. The molecule has 0 radical (unpaired) electrons. The first kappa shape index (κ1) is 16.2. The number of benzene rings is 1. The van der Waals surface area contributed by atoms with Crippen LogP contribution in [0.4, 0.5) is 0 Å². The first-order valence-corrected chi connectivity index (χ1v) is 7.94. The second-order valence-corrected chi connectivity index (χ2v) is 6.02. The van der Waals surface area contributed by atoms with Crippen LogP contribution in [0.25, 0.3) is 5.69 Å². The van der Waals surface area contributed by atoms with Gasteiger partial charge < -0.3 is 4.74 Å². The molecule has 2 aromatic heterocycles. The van der Waals surface area contributed by atoms with Crippen LogP contribution in [0.1, 0.15) is 5.56 Å². The van der Waals surface area contributed by atoms with Gasteiger partial charge in [-0.2, -0.15) is 0 Å². The minimum Gasteiger partial charge on any atom is -0.497 e. The van der Waals surface area contributed by atoms with Gasteiger partial charge in [-0.25, -0.2) is 4.79 Å². The molecule has 3 aromatic rings. The van der Waals surface area contributed by atoms with Crippen LogP contribution < -0.4 is 16.0 Å². The van der Waals surface area contributed by atoms with Crippen LogP contribution >= 0.6 is 15.9 Å². The first-order valence-electron chi connectivity index (χ1n) is 7.15. The molecule has 0 unspecified atom stereocenters. The minimum absolute atomic E-state index is 0.184. The highest BCUT2D eigenvalue weighted by Gasteiger charge is 2.08. The lowest BCUT2D eigenvalue weighted by molar-refractivity contribution is 0.414. The monoisotopic (exact) mass is 387 g/mol. The van der Waals surface area contributed by atoms with E-state index in [0.29, 0.717) is 5.69 Å². The standard InChI is InChI=1S/C17H14BrN3O3/c1-24-15-4-2-12(3-5-15)11-21-16(22)6-7-20(17(21)23)14-8-13(18)9-19-10-14/h2-10H,11H2,1H3. The Morgan fingerprint density at radius 1 is 1.12 bits per heavy atom. The molecule has 6 nitrogen and oxygen atoms in total. The Bertz CT molecular complexity index is 977. The minimum atomic E-state index is -0.418. The predicted octanol–water partition coefficient (Wildman–Crippen LogP) is 2.21. The smallest absolute Gasteiger partial charge is 0.335 e. The van der Waals surface area contributed by atoms with Crippen molar-refractivity contribution < 1.29 is 4.74 Å². The van der Waals surface area contributed by atoms with E-state index >= 15 is 0 Å². The molecular formula is C17H14BrN3O3. The van der Waals surface area contributed by atoms with Gasteiger partial charge in [-0.3, -0.25) is 18.9 Å². The van der Waals surface area contributed by atoms with E-state index in [2.05, 4.69) is 20.9 Å². The molecular weight excluding hydrogens is 374 g/mol. The van der Waals surface area contributed by atoms with E-state index < -0.39 is 5.69 Å². The third-order valence-electron chi connectivity index (χ3n) is 3.54. The van der Waals surface area contributed by atoms with Crippen LogP contribution in [0.5, 0.6) is 5.75 Å². The molecule has 3 rings (SSSR count). The Kier molecular flexibility index (Phi) is 4.61. The van der Waals surface area contributed by atoms with Gasteiger partial charge in [0.2, 0.25) is 0 Å². The normalized spacial score (nSPS) is 10.6. The molecule has 0 aliphatic carbocycles. The lowest BCUT2D eigenvalue weighted by Crippen LogP contribution is -2.38. The van der Waals surface area contributed by atoms with Crippen molar-refractivity contribution in [2.24, 2.45) is 0 Å². The van der Waals surface area contributed by atoms with Crippen molar-refractivity contribution in [3.05, 3.63) is 85.9 Å². The molecule has 7 heteroatoms. The maximum Gasteiger partial charge on any atom is 0.335 e. The van der Waals surface area contributed by atoms with Gasteiger partial charge in [0.15, 0.2) is 0 Å². The number of pyridine rings is 1. The molecule has 0 amide bonds. The summed E-state index contributed by atoms with van der Waals surface area (Å²) in [6.45, 7) is 0.184. The van der Waals surface area contributed by atoms with Gasteiger partial charge >= 0.3 is 5.69 Å². The topological polar surface area (TPSA) is 66.1 Å². The van der Waals surface area contributed by atoms with Crippen molar-refractivity contribution >= 4 is 15.9 Å². The molecule has 122 valence electrons. The number of ether oxygens (including phenoxy) is 1. The fourth-order valence-corrected chi connectivity index (χ4v) is 2.66. The highest BCUT2D eigenvalue weighted by molar-refractivity contribution is 9.10. The van der Waals surface area contributed by atoms with Crippen molar-refractivity contribution in [1.82, 2.24) is 14.1 Å². The lowest BCUT2D eigenvalue weighted by atomic mass is 10.2. The summed E-state index contributed by atoms with van der Waals surface area (Å²) in [4.78, 5) is 28.9. The van der Waals surface area contributed by atoms with Crippen molar-refractivity contribution in [2.45, 2.75) is 6.54 Å². The van der Waals surface area contributed by atoms with Crippen LogP contribution in [-0.2, 0) is 6.54 Å². The Hall–Kier alpha value is -2.67. The van der Waals surface area contributed by atoms with Gasteiger partial charge in [0.1, 0.15) is 5.75 Å². The average molecular weight is 388 g/mol.